The van der Waals surface area contributed by atoms with Crippen LogP contribution in [0.25, 0.3) is 0 Å². The number of para-hydroxylation sites is 1. The van der Waals surface area contributed by atoms with Crippen LogP contribution in [-0.2, 0) is 11.3 Å². The summed E-state index contributed by atoms with van der Waals surface area (Å²) in [6.45, 7) is 6.68. The molecule has 0 aliphatic carbocycles. The number of rotatable bonds is 9. The highest BCUT2D eigenvalue weighted by Crippen LogP contribution is 2.16. The van der Waals surface area contributed by atoms with E-state index in [4.69, 9.17) is 4.74 Å². The van der Waals surface area contributed by atoms with Crippen molar-refractivity contribution in [1.29, 1.82) is 0 Å². The zero-order valence-electron chi connectivity index (χ0n) is 16.4. The maximum atomic E-state index is 12.4. The molecule has 26 heavy (non-hydrogen) atoms. The summed E-state index contributed by atoms with van der Waals surface area (Å²) in [4.78, 5) is 16.3. The molecular weight excluding hydrogens is 324 g/mol. The van der Waals surface area contributed by atoms with Gasteiger partial charge in [-0.3, -0.25) is 9.69 Å². The number of benzene rings is 2. The average Bonchev–Trinajstić information content (AvgIpc) is 2.62. The van der Waals surface area contributed by atoms with Gasteiger partial charge in [-0.15, -0.1) is 0 Å². The normalized spacial score (nSPS) is 10.8. The van der Waals surface area contributed by atoms with E-state index in [1.54, 1.807) is 4.90 Å². The Morgan fingerprint density at radius 3 is 2.31 bits per heavy atom. The van der Waals surface area contributed by atoms with Gasteiger partial charge in [0.25, 0.3) is 0 Å². The van der Waals surface area contributed by atoms with E-state index >= 15 is 0 Å². The molecule has 0 N–H and O–H groups in total. The van der Waals surface area contributed by atoms with Crippen molar-refractivity contribution < 1.29 is 9.53 Å². The second-order valence-electron chi connectivity index (χ2n) is 6.88. The fourth-order valence-corrected chi connectivity index (χ4v) is 2.80. The van der Waals surface area contributed by atoms with Gasteiger partial charge in [0.1, 0.15) is 5.75 Å². The van der Waals surface area contributed by atoms with Crippen molar-refractivity contribution in [2.24, 2.45) is 0 Å². The predicted octanol–water partition coefficient (Wildman–Crippen LogP) is 3.66. The summed E-state index contributed by atoms with van der Waals surface area (Å²) >= 11 is 0. The SMILES string of the molecule is Cc1ccccc1CN(C)C(=O)CN(C)CCCOc1ccccc1C. The highest BCUT2D eigenvalue weighted by atomic mass is 16.5. The molecule has 0 unspecified atom stereocenters. The Morgan fingerprint density at radius 2 is 1.62 bits per heavy atom. The molecule has 2 aromatic carbocycles. The van der Waals surface area contributed by atoms with Crippen LogP contribution in [0.1, 0.15) is 23.1 Å². The Morgan fingerprint density at radius 1 is 0.962 bits per heavy atom. The summed E-state index contributed by atoms with van der Waals surface area (Å²) in [5.41, 5.74) is 3.56. The number of nitrogens with zero attached hydrogens (tertiary/aromatic N) is 2. The van der Waals surface area contributed by atoms with E-state index in [0.29, 0.717) is 19.7 Å². The molecule has 0 aliphatic rings. The van der Waals surface area contributed by atoms with E-state index in [1.807, 2.05) is 57.4 Å². The third kappa shape index (κ3) is 6.19. The smallest absolute Gasteiger partial charge is 0.236 e. The first kappa shape index (κ1) is 20.0. The Hall–Kier alpha value is -2.33. The standard InChI is InChI=1S/C22H30N2O2/c1-18-10-5-7-12-20(18)16-24(4)22(25)17-23(3)14-9-15-26-21-13-8-6-11-19(21)2/h5-8,10-13H,9,14-17H2,1-4H3. The van der Waals surface area contributed by atoms with Crippen LogP contribution in [-0.4, -0.2) is 49.5 Å². The molecule has 0 aliphatic heterocycles. The highest BCUT2D eigenvalue weighted by molar-refractivity contribution is 5.78. The zero-order valence-corrected chi connectivity index (χ0v) is 16.4. The molecule has 0 atom stereocenters. The number of likely N-dealkylation sites (N-methyl/N-ethyl adjacent to an activating group) is 2. The van der Waals surface area contributed by atoms with Crippen molar-refractivity contribution in [1.82, 2.24) is 9.80 Å². The molecule has 2 rings (SSSR count). The third-order valence-corrected chi connectivity index (χ3v) is 4.54. The largest absolute Gasteiger partial charge is 0.493 e. The predicted molar refractivity (Wildman–Crippen MR) is 106 cm³/mol. The van der Waals surface area contributed by atoms with Crippen LogP contribution in [0.3, 0.4) is 0 Å². The van der Waals surface area contributed by atoms with Crippen molar-refractivity contribution in [3.05, 3.63) is 65.2 Å². The van der Waals surface area contributed by atoms with Crippen LogP contribution in [0, 0.1) is 13.8 Å². The molecule has 0 fully saturated rings. The molecule has 0 bridgehead atoms. The maximum absolute atomic E-state index is 12.4. The lowest BCUT2D eigenvalue weighted by atomic mass is 10.1. The summed E-state index contributed by atoms with van der Waals surface area (Å²) in [5, 5.41) is 0. The molecular formula is C22H30N2O2. The topological polar surface area (TPSA) is 32.8 Å². The Balaban J connectivity index is 1.69. The van der Waals surface area contributed by atoms with Crippen LogP contribution in [0.4, 0.5) is 0 Å². The molecule has 0 saturated carbocycles. The minimum absolute atomic E-state index is 0.135. The number of aryl methyl sites for hydroxylation is 2. The van der Waals surface area contributed by atoms with Crippen LogP contribution in [0.15, 0.2) is 48.5 Å². The molecule has 140 valence electrons. The number of ether oxygens (including phenoxy) is 1. The number of hydrogen-bond acceptors (Lipinski definition) is 3. The van der Waals surface area contributed by atoms with Crippen LogP contribution in [0.2, 0.25) is 0 Å². The first-order chi connectivity index (χ1) is 12.5. The Kier molecular flexibility index (Phi) is 7.67. The Bertz CT molecular complexity index is 715. The molecule has 1 amide bonds. The number of amides is 1. The van der Waals surface area contributed by atoms with Crippen molar-refractivity contribution >= 4 is 5.91 Å². The first-order valence-corrected chi connectivity index (χ1v) is 9.13. The van der Waals surface area contributed by atoms with E-state index in [-0.39, 0.29) is 5.91 Å². The molecule has 0 spiro atoms. The minimum Gasteiger partial charge on any atom is -0.493 e. The monoisotopic (exact) mass is 354 g/mol. The highest BCUT2D eigenvalue weighted by Gasteiger charge is 2.13. The van der Waals surface area contributed by atoms with E-state index < -0.39 is 0 Å². The van der Waals surface area contributed by atoms with E-state index in [9.17, 15) is 4.79 Å². The second-order valence-corrected chi connectivity index (χ2v) is 6.88. The van der Waals surface area contributed by atoms with Gasteiger partial charge in [0.05, 0.1) is 13.2 Å². The molecule has 4 heteroatoms. The number of carbonyl (C=O) groups is 1. The summed E-state index contributed by atoms with van der Waals surface area (Å²) in [7, 11) is 3.84. The van der Waals surface area contributed by atoms with Crippen LogP contribution < -0.4 is 4.74 Å². The van der Waals surface area contributed by atoms with Crippen LogP contribution >= 0.6 is 0 Å². The van der Waals surface area contributed by atoms with Gasteiger partial charge in [-0.05, 0) is 50.1 Å². The lowest BCUT2D eigenvalue weighted by Crippen LogP contribution is -2.37. The van der Waals surface area contributed by atoms with Crippen molar-refractivity contribution in [2.45, 2.75) is 26.8 Å². The lowest BCUT2D eigenvalue weighted by Gasteiger charge is -2.22. The fourth-order valence-electron chi connectivity index (χ4n) is 2.80. The van der Waals surface area contributed by atoms with E-state index in [1.165, 1.54) is 11.1 Å². The van der Waals surface area contributed by atoms with Crippen molar-refractivity contribution in [2.75, 3.05) is 33.8 Å². The van der Waals surface area contributed by atoms with Gasteiger partial charge in [-0.2, -0.15) is 0 Å². The minimum atomic E-state index is 0.135. The van der Waals surface area contributed by atoms with Gasteiger partial charge in [-0.1, -0.05) is 42.5 Å². The molecule has 0 saturated heterocycles. The van der Waals surface area contributed by atoms with Gasteiger partial charge >= 0.3 is 0 Å². The average molecular weight is 354 g/mol. The molecule has 0 heterocycles. The number of carbonyl (C=O) groups excluding carboxylic acids is 1. The fraction of sp³-hybridized carbons (Fsp3) is 0.409. The molecule has 0 aromatic heterocycles. The van der Waals surface area contributed by atoms with Crippen LogP contribution in [0.5, 0.6) is 5.75 Å². The zero-order chi connectivity index (χ0) is 18.9. The summed E-state index contributed by atoms with van der Waals surface area (Å²) in [5.74, 6) is 1.07. The molecule has 4 nitrogen and oxygen atoms in total. The van der Waals surface area contributed by atoms with E-state index in [2.05, 4.69) is 24.0 Å². The van der Waals surface area contributed by atoms with Gasteiger partial charge in [0.15, 0.2) is 0 Å². The van der Waals surface area contributed by atoms with Gasteiger partial charge < -0.3 is 9.64 Å². The first-order valence-electron chi connectivity index (χ1n) is 9.13. The molecule has 0 radical (unpaired) electrons. The summed E-state index contributed by atoms with van der Waals surface area (Å²) < 4.78 is 5.81. The summed E-state index contributed by atoms with van der Waals surface area (Å²) in [6, 6.07) is 16.2. The van der Waals surface area contributed by atoms with Gasteiger partial charge in [-0.25, -0.2) is 0 Å². The molecule has 2 aromatic rings. The maximum Gasteiger partial charge on any atom is 0.236 e. The third-order valence-electron chi connectivity index (χ3n) is 4.54. The lowest BCUT2D eigenvalue weighted by molar-refractivity contribution is -0.131. The quantitative estimate of drug-likeness (QED) is 0.644. The second kappa shape index (κ2) is 9.97. The number of hydrogen-bond donors (Lipinski definition) is 0. The van der Waals surface area contributed by atoms with E-state index in [0.717, 1.165) is 24.3 Å². The summed E-state index contributed by atoms with van der Waals surface area (Å²) in [6.07, 6.45) is 0.889. The van der Waals surface area contributed by atoms with Gasteiger partial charge in [0, 0.05) is 20.1 Å². The Labute approximate surface area is 157 Å². The van der Waals surface area contributed by atoms with Crippen molar-refractivity contribution in [3.63, 3.8) is 0 Å². The van der Waals surface area contributed by atoms with Gasteiger partial charge in [0.2, 0.25) is 5.91 Å². The van der Waals surface area contributed by atoms with Crippen molar-refractivity contribution in [3.8, 4) is 5.75 Å².